The molecular formula is C11H13FN2O4. The zero-order valence-corrected chi connectivity index (χ0v) is 10.0. The molecule has 1 aromatic carbocycles. The number of halogens is 1. The van der Waals surface area contributed by atoms with E-state index in [-0.39, 0.29) is 17.9 Å². The van der Waals surface area contributed by atoms with Crippen LogP contribution in [-0.2, 0) is 4.74 Å². The molecule has 7 heteroatoms. The van der Waals surface area contributed by atoms with Crippen LogP contribution in [0.3, 0.4) is 0 Å². The molecule has 0 bridgehead atoms. The highest BCUT2D eigenvalue weighted by atomic mass is 19.1. The number of rotatable bonds is 5. The summed E-state index contributed by atoms with van der Waals surface area (Å²) in [6, 6.07) is 1.80. The lowest BCUT2D eigenvalue weighted by molar-refractivity contribution is -0.385. The first-order chi connectivity index (χ1) is 8.51. The number of nitrogens with zero attached hydrogens (tertiary/aromatic N) is 1. The summed E-state index contributed by atoms with van der Waals surface area (Å²) >= 11 is 0. The Bertz CT molecular complexity index is 476. The summed E-state index contributed by atoms with van der Waals surface area (Å²) in [4.78, 5) is 21.5. The Kier molecular flexibility index (Phi) is 4.59. The molecule has 0 atom stereocenters. The minimum absolute atomic E-state index is 0.0335. The van der Waals surface area contributed by atoms with E-state index < -0.39 is 22.4 Å². The number of esters is 1. The van der Waals surface area contributed by atoms with Gasteiger partial charge >= 0.3 is 5.97 Å². The number of carbonyl (C=O) groups excluding carboxylic acids is 1. The molecule has 0 amide bonds. The van der Waals surface area contributed by atoms with Gasteiger partial charge in [-0.1, -0.05) is 0 Å². The van der Waals surface area contributed by atoms with Crippen LogP contribution in [0.2, 0.25) is 0 Å². The van der Waals surface area contributed by atoms with Gasteiger partial charge in [-0.15, -0.1) is 0 Å². The molecule has 0 spiro atoms. The van der Waals surface area contributed by atoms with Crippen LogP contribution in [0.15, 0.2) is 12.1 Å². The Balaban J connectivity index is 3.30. The number of nitro benzene ring substituents is 1. The van der Waals surface area contributed by atoms with E-state index in [1.165, 1.54) is 0 Å². The van der Waals surface area contributed by atoms with Crippen LogP contribution in [0.1, 0.15) is 24.2 Å². The SMILES string of the molecule is CCNc1cc(C(=O)OCC)c([N+](=O)[O-])cc1F. The van der Waals surface area contributed by atoms with Crippen molar-refractivity contribution in [3.8, 4) is 0 Å². The normalized spacial score (nSPS) is 9.94. The summed E-state index contributed by atoms with van der Waals surface area (Å²) in [5, 5.41) is 13.4. The molecule has 0 unspecified atom stereocenters. The molecule has 98 valence electrons. The first-order valence-electron chi connectivity index (χ1n) is 5.40. The van der Waals surface area contributed by atoms with Crippen molar-refractivity contribution in [3.63, 3.8) is 0 Å². The number of hydrogen-bond donors (Lipinski definition) is 1. The molecule has 0 saturated carbocycles. The molecule has 0 heterocycles. The van der Waals surface area contributed by atoms with Crippen molar-refractivity contribution in [2.24, 2.45) is 0 Å². The van der Waals surface area contributed by atoms with Gasteiger partial charge < -0.3 is 10.1 Å². The van der Waals surface area contributed by atoms with Crippen LogP contribution >= 0.6 is 0 Å². The highest BCUT2D eigenvalue weighted by molar-refractivity contribution is 5.95. The second-order valence-electron chi connectivity index (χ2n) is 3.36. The van der Waals surface area contributed by atoms with Crippen LogP contribution in [0.4, 0.5) is 15.8 Å². The van der Waals surface area contributed by atoms with Crippen LogP contribution in [0.25, 0.3) is 0 Å². The third-order valence-electron chi connectivity index (χ3n) is 2.14. The van der Waals surface area contributed by atoms with Crippen molar-refractivity contribution in [2.45, 2.75) is 13.8 Å². The first-order valence-corrected chi connectivity index (χ1v) is 5.40. The molecular weight excluding hydrogens is 243 g/mol. The molecule has 0 aliphatic heterocycles. The van der Waals surface area contributed by atoms with Crippen LogP contribution in [0, 0.1) is 15.9 Å². The summed E-state index contributed by atoms with van der Waals surface area (Å²) in [6.45, 7) is 3.84. The second-order valence-corrected chi connectivity index (χ2v) is 3.36. The maximum absolute atomic E-state index is 13.5. The highest BCUT2D eigenvalue weighted by Gasteiger charge is 2.24. The van der Waals surface area contributed by atoms with Crippen LogP contribution < -0.4 is 5.32 Å². The number of nitro groups is 1. The minimum Gasteiger partial charge on any atom is -0.462 e. The summed E-state index contributed by atoms with van der Waals surface area (Å²) in [5.41, 5.74) is -0.835. The number of ether oxygens (including phenoxy) is 1. The lowest BCUT2D eigenvalue weighted by atomic mass is 10.1. The molecule has 0 radical (unpaired) electrons. The van der Waals surface area contributed by atoms with E-state index in [1.807, 2.05) is 0 Å². The fourth-order valence-electron chi connectivity index (χ4n) is 1.41. The van der Waals surface area contributed by atoms with E-state index in [0.29, 0.717) is 12.6 Å². The minimum atomic E-state index is -0.844. The molecule has 1 rings (SSSR count). The Morgan fingerprint density at radius 2 is 2.17 bits per heavy atom. The van der Waals surface area contributed by atoms with Gasteiger partial charge in [-0.2, -0.15) is 0 Å². The second kappa shape index (κ2) is 5.95. The lowest BCUT2D eigenvalue weighted by Crippen LogP contribution is -2.10. The number of hydrogen-bond acceptors (Lipinski definition) is 5. The largest absolute Gasteiger partial charge is 0.462 e. The zero-order chi connectivity index (χ0) is 13.7. The predicted octanol–water partition coefficient (Wildman–Crippen LogP) is 2.34. The summed E-state index contributed by atoms with van der Waals surface area (Å²) in [5.74, 6) is -1.63. The fourth-order valence-corrected chi connectivity index (χ4v) is 1.41. The van der Waals surface area contributed by atoms with Crippen molar-refractivity contribution in [2.75, 3.05) is 18.5 Å². The van der Waals surface area contributed by atoms with Gasteiger partial charge in [0, 0.05) is 6.54 Å². The van der Waals surface area contributed by atoms with Gasteiger partial charge in [0.2, 0.25) is 0 Å². The number of nitrogens with one attached hydrogen (secondary N) is 1. The Labute approximate surface area is 103 Å². The third-order valence-corrected chi connectivity index (χ3v) is 2.14. The van der Waals surface area contributed by atoms with Crippen LogP contribution in [0.5, 0.6) is 0 Å². The summed E-state index contributed by atoms with van der Waals surface area (Å²) in [6.07, 6.45) is 0. The maximum atomic E-state index is 13.5. The first kappa shape index (κ1) is 13.9. The van der Waals surface area contributed by atoms with Crippen molar-refractivity contribution < 1.29 is 18.8 Å². The van der Waals surface area contributed by atoms with Gasteiger partial charge in [0.05, 0.1) is 23.3 Å². The summed E-state index contributed by atoms with van der Waals surface area (Å²) < 4.78 is 18.2. The van der Waals surface area contributed by atoms with Gasteiger partial charge in [0.1, 0.15) is 5.56 Å². The molecule has 0 aromatic heterocycles. The zero-order valence-electron chi connectivity index (χ0n) is 10.0. The molecule has 6 nitrogen and oxygen atoms in total. The standard InChI is InChI=1S/C11H13FN2O4/c1-3-13-9-5-7(11(15)18-4-2)10(14(16)17)6-8(9)12/h5-6,13H,3-4H2,1-2H3. The van der Waals surface area contributed by atoms with Gasteiger partial charge in [-0.25, -0.2) is 9.18 Å². The van der Waals surface area contributed by atoms with Crippen molar-refractivity contribution in [1.29, 1.82) is 0 Å². The maximum Gasteiger partial charge on any atom is 0.345 e. The summed E-state index contributed by atoms with van der Waals surface area (Å²) in [7, 11) is 0. The molecule has 0 aliphatic carbocycles. The van der Waals surface area contributed by atoms with E-state index in [0.717, 1.165) is 6.07 Å². The Morgan fingerprint density at radius 1 is 1.50 bits per heavy atom. The predicted molar refractivity (Wildman–Crippen MR) is 63.2 cm³/mol. The topological polar surface area (TPSA) is 81.5 Å². The molecule has 1 aromatic rings. The van der Waals surface area contributed by atoms with E-state index in [4.69, 9.17) is 4.74 Å². The van der Waals surface area contributed by atoms with Crippen molar-refractivity contribution in [3.05, 3.63) is 33.6 Å². The van der Waals surface area contributed by atoms with E-state index in [9.17, 15) is 19.3 Å². The Hall–Kier alpha value is -2.18. The van der Waals surface area contributed by atoms with Crippen molar-refractivity contribution in [1.82, 2.24) is 0 Å². The average molecular weight is 256 g/mol. The smallest absolute Gasteiger partial charge is 0.345 e. The lowest BCUT2D eigenvalue weighted by Gasteiger charge is -2.08. The highest BCUT2D eigenvalue weighted by Crippen LogP contribution is 2.26. The monoisotopic (exact) mass is 256 g/mol. The average Bonchev–Trinajstić information content (AvgIpc) is 2.31. The van der Waals surface area contributed by atoms with E-state index in [2.05, 4.69) is 5.32 Å². The third kappa shape index (κ3) is 2.93. The Morgan fingerprint density at radius 3 is 2.67 bits per heavy atom. The van der Waals surface area contributed by atoms with Gasteiger partial charge in [0.25, 0.3) is 5.69 Å². The van der Waals surface area contributed by atoms with Crippen molar-refractivity contribution >= 4 is 17.3 Å². The number of benzene rings is 1. The molecule has 18 heavy (non-hydrogen) atoms. The molecule has 0 fully saturated rings. The van der Waals surface area contributed by atoms with Gasteiger partial charge in [-0.3, -0.25) is 10.1 Å². The van der Waals surface area contributed by atoms with E-state index in [1.54, 1.807) is 13.8 Å². The molecule has 0 saturated heterocycles. The number of carbonyl (C=O) groups is 1. The quantitative estimate of drug-likeness (QED) is 0.496. The number of anilines is 1. The van der Waals surface area contributed by atoms with Gasteiger partial charge in [-0.05, 0) is 19.9 Å². The van der Waals surface area contributed by atoms with E-state index >= 15 is 0 Å². The fraction of sp³-hybridized carbons (Fsp3) is 0.364. The van der Waals surface area contributed by atoms with Crippen LogP contribution in [-0.4, -0.2) is 24.0 Å². The molecule has 1 N–H and O–H groups in total. The molecule has 0 aliphatic rings. The van der Waals surface area contributed by atoms with Gasteiger partial charge in [0.15, 0.2) is 5.82 Å².